The van der Waals surface area contributed by atoms with Crippen molar-refractivity contribution in [1.29, 1.82) is 0 Å². The molecule has 4 rings (SSSR count). The van der Waals surface area contributed by atoms with E-state index in [4.69, 9.17) is 0 Å². The molecule has 0 unspecified atom stereocenters. The molecule has 0 fully saturated rings. The number of aromatic nitrogens is 6. The van der Waals surface area contributed by atoms with E-state index < -0.39 is 0 Å². The number of hydrogen-bond acceptors (Lipinski definition) is 6. The van der Waals surface area contributed by atoms with E-state index >= 15 is 0 Å². The van der Waals surface area contributed by atoms with Crippen LogP contribution in [0, 0.1) is 13.8 Å². The molecule has 0 N–H and O–H groups in total. The van der Waals surface area contributed by atoms with E-state index in [2.05, 4.69) is 91.9 Å². The predicted octanol–water partition coefficient (Wildman–Crippen LogP) is 5.86. The Labute approximate surface area is 204 Å². The maximum Gasteiger partial charge on any atom is 0.195 e. The zero-order valence-electron chi connectivity index (χ0n) is 19.7. The van der Waals surface area contributed by atoms with E-state index in [9.17, 15) is 0 Å². The molecule has 0 spiro atoms. The summed E-state index contributed by atoms with van der Waals surface area (Å²) < 4.78 is 4.38. The molecule has 0 saturated heterocycles. The molecule has 0 bridgehead atoms. The second-order valence-electron chi connectivity index (χ2n) is 8.12. The lowest BCUT2D eigenvalue weighted by Crippen LogP contribution is -2.04. The fraction of sp³-hybridized carbons (Fsp3) is 0.360. The molecule has 2 aromatic carbocycles. The van der Waals surface area contributed by atoms with Crippen molar-refractivity contribution in [2.24, 2.45) is 0 Å². The van der Waals surface area contributed by atoms with Gasteiger partial charge in [-0.3, -0.25) is 9.13 Å². The third kappa shape index (κ3) is 5.50. The Hall–Kier alpha value is -2.58. The van der Waals surface area contributed by atoms with E-state index in [-0.39, 0.29) is 0 Å². The lowest BCUT2D eigenvalue weighted by Gasteiger charge is -2.11. The summed E-state index contributed by atoms with van der Waals surface area (Å²) in [6.07, 6.45) is 9.13. The molecular formula is C25H30N6S2. The van der Waals surface area contributed by atoms with Crippen LogP contribution in [0.15, 0.2) is 58.8 Å². The maximum absolute atomic E-state index is 4.49. The predicted molar refractivity (Wildman–Crippen MR) is 137 cm³/mol. The second kappa shape index (κ2) is 11.0. The molecular weight excluding hydrogens is 448 g/mol. The van der Waals surface area contributed by atoms with E-state index in [0.29, 0.717) is 0 Å². The molecule has 2 aromatic heterocycles. The van der Waals surface area contributed by atoms with Gasteiger partial charge in [-0.15, -0.1) is 20.4 Å². The van der Waals surface area contributed by atoms with Gasteiger partial charge in [0.05, 0.1) is 0 Å². The maximum atomic E-state index is 4.49. The molecule has 0 saturated carbocycles. The highest BCUT2D eigenvalue weighted by molar-refractivity contribution is 7.98. The minimum Gasteiger partial charge on any atom is -0.274 e. The molecule has 172 valence electrons. The summed E-state index contributed by atoms with van der Waals surface area (Å²) in [5.74, 6) is 2.05. The Morgan fingerprint density at radius 2 is 1.09 bits per heavy atom. The quantitative estimate of drug-likeness (QED) is 0.210. The minimum atomic E-state index is 0.905. The largest absolute Gasteiger partial charge is 0.274 e. The Bertz CT molecular complexity index is 1120. The first-order chi connectivity index (χ1) is 16.1. The SMILES string of the molecule is CSc1nnc(CCCCCc2nnc(SC)n2-c2cccc(C)c2)n1-c1cccc(C)c1. The van der Waals surface area contributed by atoms with Crippen molar-refractivity contribution in [3.8, 4) is 11.4 Å². The summed E-state index contributed by atoms with van der Waals surface area (Å²) >= 11 is 3.26. The lowest BCUT2D eigenvalue weighted by atomic mass is 10.1. The van der Waals surface area contributed by atoms with Gasteiger partial charge in [-0.05, 0) is 74.6 Å². The van der Waals surface area contributed by atoms with Crippen LogP contribution in [0.3, 0.4) is 0 Å². The van der Waals surface area contributed by atoms with Gasteiger partial charge in [-0.1, -0.05) is 54.2 Å². The summed E-state index contributed by atoms with van der Waals surface area (Å²) in [6.45, 7) is 4.23. The Morgan fingerprint density at radius 1 is 0.636 bits per heavy atom. The smallest absolute Gasteiger partial charge is 0.195 e. The summed E-state index contributed by atoms with van der Waals surface area (Å²) in [5, 5.41) is 19.7. The average Bonchev–Trinajstić information content (AvgIpc) is 3.42. The van der Waals surface area contributed by atoms with Gasteiger partial charge in [-0.25, -0.2) is 0 Å². The van der Waals surface area contributed by atoms with Crippen LogP contribution in [-0.2, 0) is 12.8 Å². The van der Waals surface area contributed by atoms with Crippen molar-refractivity contribution in [1.82, 2.24) is 29.5 Å². The number of hydrogen-bond donors (Lipinski definition) is 0. The molecule has 0 aliphatic rings. The van der Waals surface area contributed by atoms with E-state index in [1.54, 1.807) is 23.5 Å². The van der Waals surface area contributed by atoms with Gasteiger partial charge < -0.3 is 0 Å². The van der Waals surface area contributed by atoms with Crippen LogP contribution in [0.4, 0.5) is 0 Å². The molecule has 33 heavy (non-hydrogen) atoms. The molecule has 6 nitrogen and oxygen atoms in total. The van der Waals surface area contributed by atoms with Gasteiger partial charge in [0, 0.05) is 24.2 Å². The van der Waals surface area contributed by atoms with Gasteiger partial charge in [0.15, 0.2) is 10.3 Å². The van der Waals surface area contributed by atoms with Crippen LogP contribution in [0.1, 0.15) is 42.0 Å². The van der Waals surface area contributed by atoms with Crippen LogP contribution in [-0.4, -0.2) is 42.0 Å². The normalized spacial score (nSPS) is 11.3. The first kappa shape index (κ1) is 23.6. The standard InChI is InChI=1S/C25H30N6S2/c1-18-10-8-12-20(16-18)30-22(26-28-24(30)32-3)14-6-5-7-15-23-27-29-25(33-4)31(23)21-13-9-11-19(2)17-21/h8-13,16-17H,5-7,14-15H2,1-4H3. The van der Waals surface area contributed by atoms with Gasteiger partial charge in [0.2, 0.25) is 0 Å². The number of aryl methyl sites for hydroxylation is 4. The number of benzene rings is 2. The summed E-state index contributed by atoms with van der Waals surface area (Å²) in [5.41, 5.74) is 4.74. The van der Waals surface area contributed by atoms with Crippen molar-refractivity contribution < 1.29 is 0 Å². The van der Waals surface area contributed by atoms with Crippen LogP contribution in [0.5, 0.6) is 0 Å². The zero-order valence-corrected chi connectivity index (χ0v) is 21.3. The molecule has 0 aliphatic heterocycles. The molecule has 2 heterocycles. The second-order valence-corrected chi connectivity index (χ2v) is 9.66. The van der Waals surface area contributed by atoms with E-state index in [1.807, 2.05) is 12.5 Å². The molecule has 4 aromatic rings. The van der Waals surface area contributed by atoms with Gasteiger partial charge >= 0.3 is 0 Å². The number of unbranched alkanes of at least 4 members (excludes halogenated alkanes) is 2. The van der Waals surface area contributed by atoms with Crippen molar-refractivity contribution in [2.75, 3.05) is 12.5 Å². The van der Waals surface area contributed by atoms with Crippen LogP contribution in [0.25, 0.3) is 11.4 Å². The fourth-order valence-corrected chi connectivity index (χ4v) is 5.02. The van der Waals surface area contributed by atoms with Crippen molar-refractivity contribution in [3.63, 3.8) is 0 Å². The zero-order chi connectivity index (χ0) is 23.2. The highest BCUT2D eigenvalue weighted by atomic mass is 32.2. The molecule has 0 atom stereocenters. The van der Waals surface area contributed by atoms with Gasteiger partial charge in [0.1, 0.15) is 11.6 Å². The number of rotatable bonds is 10. The van der Waals surface area contributed by atoms with Crippen molar-refractivity contribution in [2.45, 2.75) is 56.3 Å². The lowest BCUT2D eigenvalue weighted by molar-refractivity contribution is 0.634. The molecule has 0 amide bonds. The number of nitrogens with zero attached hydrogens (tertiary/aromatic N) is 6. The highest BCUT2D eigenvalue weighted by Crippen LogP contribution is 2.24. The summed E-state index contributed by atoms with van der Waals surface area (Å²) in [6, 6.07) is 17.0. The van der Waals surface area contributed by atoms with Gasteiger partial charge in [0.25, 0.3) is 0 Å². The Kier molecular flexibility index (Phi) is 7.88. The topological polar surface area (TPSA) is 61.4 Å². The number of thioether (sulfide) groups is 2. The molecule has 8 heteroatoms. The van der Waals surface area contributed by atoms with E-state index in [1.165, 1.54) is 11.1 Å². The van der Waals surface area contributed by atoms with Crippen molar-refractivity contribution in [3.05, 3.63) is 71.3 Å². The average molecular weight is 479 g/mol. The van der Waals surface area contributed by atoms with Gasteiger partial charge in [-0.2, -0.15) is 0 Å². The van der Waals surface area contributed by atoms with Crippen LogP contribution in [0.2, 0.25) is 0 Å². The van der Waals surface area contributed by atoms with Crippen LogP contribution >= 0.6 is 23.5 Å². The Morgan fingerprint density at radius 3 is 1.48 bits per heavy atom. The van der Waals surface area contributed by atoms with Crippen molar-refractivity contribution >= 4 is 23.5 Å². The van der Waals surface area contributed by atoms with Crippen LogP contribution < -0.4 is 0 Å². The minimum absolute atomic E-state index is 0.905. The third-order valence-corrected chi connectivity index (χ3v) is 6.85. The highest BCUT2D eigenvalue weighted by Gasteiger charge is 2.15. The third-order valence-electron chi connectivity index (χ3n) is 5.59. The molecule has 0 aliphatic carbocycles. The monoisotopic (exact) mass is 478 g/mol. The first-order valence-electron chi connectivity index (χ1n) is 11.2. The Balaban J connectivity index is 1.40. The molecule has 0 radical (unpaired) electrons. The fourth-order valence-electron chi connectivity index (χ4n) is 3.98. The van der Waals surface area contributed by atoms with E-state index in [0.717, 1.165) is 65.4 Å². The summed E-state index contributed by atoms with van der Waals surface area (Å²) in [4.78, 5) is 0. The first-order valence-corrected chi connectivity index (χ1v) is 13.7. The summed E-state index contributed by atoms with van der Waals surface area (Å²) in [7, 11) is 0.